The molecule has 1 heterocycles. The topological polar surface area (TPSA) is 125 Å². The standard InChI is InChI=1S/C32H42O11/c1-22(33)38-17-13-36-15-19-40-27-12-11-26(21-28(27)41-20-16-37-14-18-39-23(2)34)29(35)24-7-9-25(10-8-24)30-42-31(3,4)32(5,6)43-30/h7-12,21,30H,13-20H2,1-6H3. The molecule has 1 saturated heterocycles. The monoisotopic (exact) mass is 602 g/mol. The number of ether oxygens (including phenoxy) is 8. The van der Waals surface area contributed by atoms with Crippen molar-refractivity contribution in [1.29, 1.82) is 0 Å². The molecule has 11 heteroatoms. The van der Waals surface area contributed by atoms with Gasteiger partial charge >= 0.3 is 11.9 Å². The van der Waals surface area contributed by atoms with Crippen LogP contribution in [0.4, 0.5) is 0 Å². The van der Waals surface area contributed by atoms with Gasteiger partial charge in [-0.15, -0.1) is 0 Å². The van der Waals surface area contributed by atoms with Crippen LogP contribution in [0.1, 0.15) is 69.3 Å². The van der Waals surface area contributed by atoms with E-state index in [1.807, 2.05) is 39.8 Å². The molecule has 0 bridgehead atoms. The third kappa shape index (κ3) is 10.3. The van der Waals surface area contributed by atoms with E-state index in [2.05, 4.69) is 0 Å². The van der Waals surface area contributed by atoms with Crippen LogP contribution in [0.2, 0.25) is 0 Å². The summed E-state index contributed by atoms with van der Waals surface area (Å²) in [6.45, 7) is 12.3. The van der Waals surface area contributed by atoms with Gasteiger partial charge in [-0.25, -0.2) is 0 Å². The largest absolute Gasteiger partial charge is 0.487 e. The van der Waals surface area contributed by atoms with Crippen molar-refractivity contribution in [1.82, 2.24) is 0 Å². The fraction of sp³-hybridized carbons (Fsp3) is 0.531. The Labute approximate surface area is 252 Å². The molecule has 0 spiro atoms. The summed E-state index contributed by atoms with van der Waals surface area (Å²) >= 11 is 0. The molecule has 2 aromatic carbocycles. The number of rotatable bonds is 17. The normalized spacial score (nSPS) is 15.6. The Hall–Kier alpha value is -3.51. The molecular formula is C32H42O11. The summed E-state index contributed by atoms with van der Waals surface area (Å²) in [7, 11) is 0. The molecule has 11 nitrogen and oxygen atoms in total. The van der Waals surface area contributed by atoms with Crippen LogP contribution in [0.25, 0.3) is 0 Å². The molecule has 236 valence electrons. The Morgan fingerprint density at radius 1 is 0.628 bits per heavy atom. The summed E-state index contributed by atoms with van der Waals surface area (Å²) in [5.41, 5.74) is 0.812. The first kappa shape index (κ1) is 34.0. The molecule has 0 aromatic heterocycles. The molecule has 0 amide bonds. The Bertz CT molecular complexity index is 1200. The summed E-state index contributed by atoms with van der Waals surface area (Å²) < 4.78 is 44.5. The molecule has 1 aliphatic rings. The minimum atomic E-state index is -0.521. The Morgan fingerprint density at radius 2 is 1.09 bits per heavy atom. The summed E-state index contributed by atoms with van der Waals surface area (Å²) in [5, 5.41) is 0. The lowest BCUT2D eigenvalue weighted by molar-refractivity contribution is -0.143. The van der Waals surface area contributed by atoms with Crippen molar-refractivity contribution in [3.8, 4) is 11.5 Å². The van der Waals surface area contributed by atoms with Crippen molar-refractivity contribution in [2.45, 2.75) is 59.0 Å². The van der Waals surface area contributed by atoms with E-state index in [4.69, 9.17) is 37.9 Å². The van der Waals surface area contributed by atoms with Crippen molar-refractivity contribution >= 4 is 17.7 Å². The lowest BCUT2D eigenvalue weighted by atomic mass is 9.90. The molecule has 2 aromatic rings. The smallest absolute Gasteiger partial charge is 0.302 e. The lowest BCUT2D eigenvalue weighted by Gasteiger charge is -2.30. The lowest BCUT2D eigenvalue weighted by Crippen LogP contribution is -2.41. The van der Waals surface area contributed by atoms with Gasteiger partial charge in [0.1, 0.15) is 26.4 Å². The van der Waals surface area contributed by atoms with E-state index in [1.54, 1.807) is 30.3 Å². The third-order valence-corrected chi connectivity index (χ3v) is 6.94. The zero-order valence-corrected chi connectivity index (χ0v) is 25.8. The van der Waals surface area contributed by atoms with E-state index in [0.717, 1.165) is 5.56 Å². The van der Waals surface area contributed by atoms with Gasteiger partial charge in [0.2, 0.25) is 0 Å². The van der Waals surface area contributed by atoms with Crippen LogP contribution in [0, 0.1) is 0 Å². The van der Waals surface area contributed by atoms with Crippen LogP contribution >= 0.6 is 0 Å². The van der Waals surface area contributed by atoms with Crippen molar-refractivity contribution in [2.24, 2.45) is 0 Å². The molecule has 0 saturated carbocycles. The highest BCUT2D eigenvalue weighted by Gasteiger charge is 2.49. The summed E-state index contributed by atoms with van der Waals surface area (Å²) in [5.74, 6) is -0.142. The maximum Gasteiger partial charge on any atom is 0.302 e. The minimum absolute atomic E-state index is 0.151. The first-order chi connectivity index (χ1) is 20.4. The van der Waals surface area contributed by atoms with Crippen LogP contribution in [-0.4, -0.2) is 81.8 Å². The Balaban J connectivity index is 1.63. The molecule has 3 rings (SSSR count). The fourth-order valence-electron chi connectivity index (χ4n) is 3.93. The van der Waals surface area contributed by atoms with E-state index in [9.17, 15) is 14.4 Å². The molecule has 0 radical (unpaired) electrons. The van der Waals surface area contributed by atoms with Gasteiger partial charge in [-0.2, -0.15) is 0 Å². The van der Waals surface area contributed by atoms with Crippen LogP contribution in [-0.2, 0) is 38.0 Å². The van der Waals surface area contributed by atoms with Gasteiger partial charge in [-0.1, -0.05) is 24.3 Å². The second-order valence-electron chi connectivity index (χ2n) is 10.8. The van der Waals surface area contributed by atoms with Crippen molar-refractivity contribution in [3.63, 3.8) is 0 Å². The number of carbonyl (C=O) groups excluding carboxylic acids is 3. The molecule has 0 N–H and O–H groups in total. The number of carbonyl (C=O) groups is 3. The zero-order valence-electron chi connectivity index (χ0n) is 25.8. The highest BCUT2D eigenvalue weighted by Crippen LogP contribution is 2.44. The molecule has 43 heavy (non-hydrogen) atoms. The van der Waals surface area contributed by atoms with Gasteiger partial charge < -0.3 is 37.9 Å². The molecular weight excluding hydrogens is 560 g/mol. The Morgan fingerprint density at radius 3 is 1.60 bits per heavy atom. The van der Waals surface area contributed by atoms with Crippen molar-refractivity contribution < 1.29 is 52.3 Å². The summed E-state index contributed by atoms with van der Waals surface area (Å²) in [4.78, 5) is 35.1. The highest BCUT2D eigenvalue weighted by molar-refractivity contribution is 6.09. The van der Waals surface area contributed by atoms with Gasteiger partial charge in [-0.05, 0) is 45.9 Å². The first-order valence-corrected chi connectivity index (χ1v) is 14.2. The van der Waals surface area contributed by atoms with E-state index < -0.39 is 17.5 Å². The summed E-state index contributed by atoms with van der Waals surface area (Å²) in [6, 6.07) is 12.1. The molecule has 1 fully saturated rings. The second-order valence-corrected chi connectivity index (χ2v) is 10.8. The van der Waals surface area contributed by atoms with E-state index in [1.165, 1.54) is 13.8 Å². The quantitative estimate of drug-likeness (QED) is 0.145. The van der Waals surface area contributed by atoms with Crippen LogP contribution in [0.5, 0.6) is 11.5 Å². The summed E-state index contributed by atoms with van der Waals surface area (Å²) in [6.07, 6.45) is -0.521. The first-order valence-electron chi connectivity index (χ1n) is 14.2. The van der Waals surface area contributed by atoms with Gasteiger partial charge in [0.05, 0.1) is 37.6 Å². The average Bonchev–Trinajstić information content (AvgIpc) is 3.18. The molecule has 0 aliphatic carbocycles. The maximum atomic E-state index is 13.4. The predicted octanol–water partition coefficient (Wildman–Crippen LogP) is 4.44. The highest BCUT2D eigenvalue weighted by atomic mass is 16.7. The van der Waals surface area contributed by atoms with Crippen molar-refractivity contribution in [3.05, 3.63) is 59.2 Å². The zero-order chi connectivity index (χ0) is 31.5. The van der Waals surface area contributed by atoms with Crippen molar-refractivity contribution in [2.75, 3.05) is 52.9 Å². The Kier molecular flexibility index (Phi) is 12.5. The third-order valence-electron chi connectivity index (χ3n) is 6.94. The predicted molar refractivity (Wildman–Crippen MR) is 155 cm³/mol. The molecule has 0 atom stereocenters. The fourth-order valence-corrected chi connectivity index (χ4v) is 3.93. The average molecular weight is 603 g/mol. The molecule has 1 aliphatic heterocycles. The SMILES string of the molecule is CC(=O)OCCOCCOc1ccc(C(=O)c2ccc(C3OC(C)(C)C(C)(C)O3)cc2)cc1OCCOCCOC(C)=O. The minimum Gasteiger partial charge on any atom is -0.487 e. The van der Waals surface area contributed by atoms with Crippen LogP contribution < -0.4 is 9.47 Å². The second kappa shape index (κ2) is 15.8. The van der Waals surface area contributed by atoms with Gasteiger partial charge in [0, 0.05) is 30.5 Å². The van der Waals surface area contributed by atoms with E-state index in [-0.39, 0.29) is 70.6 Å². The van der Waals surface area contributed by atoms with E-state index in [0.29, 0.717) is 22.6 Å². The number of hydrogen-bond acceptors (Lipinski definition) is 11. The number of esters is 2. The molecule has 0 unspecified atom stereocenters. The van der Waals surface area contributed by atoms with Crippen LogP contribution in [0.15, 0.2) is 42.5 Å². The van der Waals surface area contributed by atoms with Gasteiger partial charge in [0.15, 0.2) is 23.6 Å². The number of hydrogen-bond donors (Lipinski definition) is 0. The van der Waals surface area contributed by atoms with Crippen LogP contribution in [0.3, 0.4) is 0 Å². The number of benzene rings is 2. The van der Waals surface area contributed by atoms with Gasteiger partial charge in [0.25, 0.3) is 0 Å². The van der Waals surface area contributed by atoms with E-state index >= 15 is 0 Å². The van der Waals surface area contributed by atoms with Gasteiger partial charge in [-0.3, -0.25) is 14.4 Å². The maximum absolute atomic E-state index is 13.4. The number of ketones is 1.